The van der Waals surface area contributed by atoms with E-state index >= 15 is 0 Å². The molecule has 2 aliphatic heterocycles. The third kappa shape index (κ3) is 3.68. The van der Waals surface area contributed by atoms with Crippen molar-refractivity contribution in [2.75, 3.05) is 24.6 Å². The van der Waals surface area contributed by atoms with Gasteiger partial charge < -0.3 is 5.32 Å². The first kappa shape index (κ1) is 14.3. The van der Waals surface area contributed by atoms with Gasteiger partial charge in [-0.15, -0.1) is 0 Å². The fourth-order valence-electron chi connectivity index (χ4n) is 3.27. The van der Waals surface area contributed by atoms with Gasteiger partial charge in [-0.1, -0.05) is 6.42 Å². The molecule has 0 bridgehead atoms. The second kappa shape index (κ2) is 5.88. The smallest absolute Gasteiger partial charge is 0.153 e. The lowest BCUT2D eigenvalue weighted by Crippen LogP contribution is -2.49. The summed E-state index contributed by atoms with van der Waals surface area (Å²) in [7, 11) is -2.79. The summed E-state index contributed by atoms with van der Waals surface area (Å²) in [6.45, 7) is 6.23. The van der Waals surface area contributed by atoms with Gasteiger partial charge in [0, 0.05) is 31.2 Å². The molecule has 106 valence electrons. The molecule has 3 unspecified atom stereocenters. The average Bonchev–Trinajstić information content (AvgIpc) is 2.27. The average molecular weight is 274 g/mol. The Morgan fingerprint density at radius 3 is 2.50 bits per heavy atom. The van der Waals surface area contributed by atoms with Crippen molar-refractivity contribution in [3.8, 4) is 0 Å². The summed E-state index contributed by atoms with van der Waals surface area (Å²) in [5.41, 5.74) is 0. The third-order valence-electron chi connectivity index (χ3n) is 4.41. The van der Waals surface area contributed by atoms with Crippen LogP contribution in [0.3, 0.4) is 0 Å². The van der Waals surface area contributed by atoms with Gasteiger partial charge in [-0.2, -0.15) is 0 Å². The summed E-state index contributed by atoms with van der Waals surface area (Å²) in [4.78, 5) is 2.55. The van der Waals surface area contributed by atoms with Gasteiger partial charge in [-0.3, -0.25) is 4.90 Å². The van der Waals surface area contributed by atoms with Crippen molar-refractivity contribution in [2.24, 2.45) is 0 Å². The number of hydrogen-bond donors (Lipinski definition) is 1. The van der Waals surface area contributed by atoms with Gasteiger partial charge >= 0.3 is 0 Å². The highest BCUT2D eigenvalue weighted by atomic mass is 32.2. The minimum atomic E-state index is -2.79. The monoisotopic (exact) mass is 274 g/mol. The number of likely N-dealkylation sites (tertiary alicyclic amines) is 1. The zero-order valence-corrected chi connectivity index (χ0v) is 12.4. The third-order valence-corrected chi connectivity index (χ3v) is 6.15. The molecule has 2 heterocycles. The van der Waals surface area contributed by atoms with Crippen LogP contribution in [-0.4, -0.2) is 56.0 Å². The van der Waals surface area contributed by atoms with Crippen LogP contribution in [0.1, 0.15) is 39.5 Å². The van der Waals surface area contributed by atoms with E-state index < -0.39 is 9.84 Å². The van der Waals surface area contributed by atoms with Crippen molar-refractivity contribution in [3.05, 3.63) is 0 Å². The Hall–Kier alpha value is -0.130. The van der Waals surface area contributed by atoms with Crippen LogP contribution in [0.5, 0.6) is 0 Å². The van der Waals surface area contributed by atoms with Gasteiger partial charge in [0.05, 0.1) is 11.5 Å². The van der Waals surface area contributed by atoms with E-state index in [1.165, 1.54) is 19.3 Å². The molecule has 18 heavy (non-hydrogen) atoms. The topological polar surface area (TPSA) is 49.4 Å². The molecular weight excluding hydrogens is 248 g/mol. The van der Waals surface area contributed by atoms with Crippen molar-refractivity contribution in [1.29, 1.82) is 0 Å². The zero-order valence-electron chi connectivity index (χ0n) is 11.6. The van der Waals surface area contributed by atoms with E-state index in [4.69, 9.17) is 0 Å². The first-order chi connectivity index (χ1) is 8.48. The van der Waals surface area contributed by atoms with Crippen molar-refractivity contribution < 1.29 is 8.42 Å². The highest BCUT2D eigenvalue weighted by Gasteiger charge is 2.28. The first-order valence-corrected chi connectivity index (χ1v) is 8.99. The molecular formula is C13H26N2O2S. The maximum Gasteiger partial charge on any atom is 0.153 e. The SMILES string of the molecule is CC1CCCC(C)N1CCC1CS(=O)(=O)CCN1. The largest absolute Gasteiger partial charge is 0.312 e. The van der Waals surface area contributed by atoms with Crippen LogP contribution in [0.4, 0.5) is 0 Å². The summed E-state index contributed by atoms with van der Waals surface area (Å²) in [6, 6.07) is 1.45. The second-order valence-electron chi connectivity index (χ2n) is 5.92. The molecule has 0 spiro atoms. The molecule has 0 aromatic heterocycles. The minimum Gasteiger partial charge on any atom is -0.312 e. The summed E-state index contributed by atoms with van der Waals surface area (Å²) in [6.07, 6.45) is 4.84. The molecule has 2 rings (SSSR count). The zero-order chi connectivity index (χ0) is 13.2. The maximum absolute atomic E-state index is 11.6. The summed E-state index contributed by atoms with van der Waals surface area (Å²) in [5.74, 6) is 0.629. The van der Waals surface area contributed by atoms with Crippen LogP contribution in [0.15, 0.2) is 0 Å². The molecule has 0 aromatic carbocycles. The number of nitrogens with zero attached hydrogens (tertiary/aromatic N) is 1. The maximum atomic E-state index is 11.6. The lowest BCUT2D eigenvalue weighted by Gasteiger charge is -2.40. The molecule has 0 aromatic rings. The minimum absolute atomic E-state index is 0.157. The van der Waals surface area contributed by atoms with Crippen LogP contribution < -0.4 is 5.32 Å². The molecule has 2 saturated heterocycles. The van der Waals surface area contributed by atoms with E-state index in [1.807, 2.05) is 0 Å². The first-order valence-electron chi connectivity index (χ1n) is 7.17. The normalized spacial score (nSPS) is 37.6. The quantitative estimate of drug-likeness (QED) is 0.835. The van der Waals surface area contributed by atoms with Gasteiger partial charge in [-0.05, 0) is 33.1 Å². The van der Waals surface area contributed by atoms with Gasteiger partial charge in [0.15, 0.2) is 9.84 Å². The van der Waals surface area contributed by atoms with Gasteiger partial charge in [-0.25, -0.2) is 8.42 Å². The fourth-order valence-corrected chi connectivity index (χ4v) is 4.77. The molecule has 5 heteroatoms. The molecule has 4 nitrogen and oxygen atoms in total. The van der Waals surface area contributed by atoms with Gasteiger partial charge in [0.25, 0.3) is 0 Å². The van der Waals surface area contributed by atoms with Crippen molar-refractivity contribution in [2.45, 2.75) is 57.7 Å². The molecule has 0 aliphatic carbocycles. The van der Waals surface area contributed by atoms with Crippen LogP contribution in [0.25, 0.3) is 0 Å². The van der Waals surface area contributed by atoms with Crippen molar-refractivity contribution in [3.63, 3.8) is 0 Å². The van der Waals surface area contributed by atoms with Crippen LogP contribution >= 0.6 is 0 Å². The molecule has 0 saturated carbocycles. The molecule has 1 N–H and O–H groups in total. The second-order valence-corrected chi connectivity index (χ2v) is 8.15. The highest BCUT2D eigenvalue weighted by Crippen LogP contribution is 2.23. The Morgan fingerprint density at radius 1 is 1.22 bits per heavy atom. The molecule has 0 radical (unpaired) electrons. The van der Waals surface area contributed by atoms with E-state index in [9.17, 15) is 8.42 Å². The Labute approximate surface area is 111 Å². The number of hydrogen-bond acceptors (Lipinski definition) is 4. The van der Waals surface area contributed by atoms with Crippen LogP contribution in [0.2, 0.25) is 0 Å². The van der Waals surface area contributed by atoms with E-state index in [1.54, 1.807) is 0 Å². The summed E-state index contributed by atoms with van der Waals surface area (Å²) < 4.78 is 23.2. The summed E-state index contributed by atoms with van der Waals surface area (Å²) in [5, 5.41) is 3.34. The molecule has 0 amide bonds. The predicted molar refractivity (Wildman–Crippen MR) is 74.5 cm³/mol. The van der Waals surface area contributed by atoms with Crippen molar-refractivity contribution >= 4 is 9.84 Å². The van der Waals surface area contributed by atoms with Gasteiger partial charge in [0.1, 0.15) is 0 Å². The van der Waals surface area contributed by atoms with Crippen LogP contribution in [0, 0.1) is 0 Å². The van der Waals surface area contributed by atoms with Crippen LogP contribution in [-0.2, 0) is 9.84 Å². The Balaban J connectivity index is 1.83. The lowest BCUT2D eigenvalue weighted by atomic mass is 9.97. The van der Waals surface area contributed by atoms with Gasteiger partial charge in [0.2, 0.25) is 0 Å². The Morgan fingerprint density at radius 2 is 1.89 bits per heavy atom. The predicted octanol–water partition coefficient (Wildman–Crippen LogP) is 1.03. The Kier molecular flexibility index (Phi) is 4.67. The highest BCUT2D eigenvalue weighted by molar-refractivity contribution is 7.91. The lowest BCUT2D eigenvalue weighted by molar-refractivity contribution is 0.0989. The molecule has 2 fully saturated rings. The number of rotatable bonds is 3. The van der Waals surface area contributed by atoms with E-state index in [-0.39, 0.29) is 6.04 Å². The van der Waals surface area contributed by atoms with E-state index in [0.717, 1.165) is 13.0 Å². The van der Waals surface area contributed by atoms with E-state index in [0.29, 0.717) is 30.1 Å². The number of piperidine rings is 1. The number of nitrogens with one attached hydrogen (secondary N) is 1. The molecule has 3 atom stereocenters. The molecule has 2 aliphatic rings. The van der Waals surface area contributed by atoms with Crippen molar-refractivity contribution in [1.82, 2.24) is 10.2 Å². The summed E-state index contributed by atoms with van der Waals surface area (Å²) >= 11 is 0. The standard InChI is InChI=1S/C13H26N2O2S/c1-11-4-3-5-12(2)15(11)8-6-13-10-18(16,17)9-7-14-13/h11-14H,3-10H2,1-2H3. The Bertz CT molecular complexity index is 359. The number of sulfone groups is 1. The fraction of sp³-hybridized carbons (Fsp3) is 1.00. The van der Waals surface area contributed by atoms with E-state index in [2.05, 4.69) is 24.1 Å².